The summed E-state index contributed by atoms with van der Waals surface area (Å²) < 4.78 is 5.23. The zero-order valence-corrected chi connectivity index (χ0v) is 12.3. The third kappa shape index (κ3) is 3.46. The fourth-order valence-electron chi connectivity index (χ4n) is 2.24. The van der Waals surface area contributed by atoms with Crippen LogP contribution in [0, 0.1) is 0 Å². The van der Waals surface area contributed by atoms with Crippen molar-refractivity contribution < 1.29 is 4.42 Å². The lowest BCUT2D eigenvalue weighted by Gasteiger charge is -2.13. The monoisotopic (exact) mass is 275 g/mol. The molecule has 104 valence electrons. The van der Waals surface area contributed by atoms with E-state index >= 15 is 0 Å². The van der Waals surface area contributed by atoms with Crippen LogP contribution in [0.25, 0.3) is 5.57 Å². The van der Waals surface area contributed by atoms with Crippen LogP contribution in [-0.2, 0) is 4.42 Å². The van der Waals surface area contributed by atoms with Crippen molar-refractivity contribution in [2.24, 2.45) is 0 Å². The van der Waals surface area contributed by atoms with Crippen LogP contribution in [0.2, 0.25) is 0 Å². The normalized spacial score (nSPS) is 14.0. The lowest BCUT2D eigenvalue weighted by atomic mass is 9.90. The van der Waals surface area contributed by atoms with E-state index in [-0.39, 0.29) is 0 Å². The van der Waals surface area contributed by atoms with Gasteiger partial charge < -0.3 is 0 Å². The molecule has 1 aliphatic carbocycles. The summed E-state index contributed by atoms with van der Waals surface area (Å²) in [6, 6.07) is 10.3. The number of hydrogen-bond acceptors (Lipinski definition) is 0. The lowest BCUT2D eigenvalue weighted by Crippen LogP contribution is -1.99. The van der Waals surface area contributed by atoms with Crippen LogP contribution in [0.4, 0.5) is 0 Å². The van der Waals surface area contributed by atoms with E-state index < -0.39 is 0 Å². The molecule has 0 spiro atoms. The summed E-state index contributed by atoms with van der Waals surface area (Å²) in [5, 5.41) is 0. The predicted molar refractivity (Wildman–Crippen MR) is 91.1 cm³/mol. The molecule has 0 amide bonds. The first-order valence-corrected chi connectivity index (χ1v) is 6.82. The van der Waals surface area contributed by atoms with E-state index in [1.165, 1.54) is 0 Å². The number of hydrogen-bond donors (Lipinski definition) is 0. The van der Waals surface area contributed by atoms with Crippen LogP contribution < -0.4 is 0 Å². The molecule has 0 fully saturated rings. The van der Waals surface area contributed by atoms with E-state index in [0.29, 0.717) is 0 Å². The summed E-state index contributed by atoms with van der Waals surface area (Å²) in [6.45, 7) is 7.71. The van der Waals surface area contributed by atoms with Gasteiger partial charge in [0.05, 0.1) is 0 Å². The highest BCUT2D eigenvalue weighted by Gasteiger charge is 2.13. The molecule has 1 aromatic carbocycles. The maximum Gasteiger partial charge on any atom is 0.343 e. The summed E-state index contributed by atoms with van der Waals surface area (Å²) in [4.78, 5) is 0. The van der Waals surface area contributed by atoms with Crippen molar-refractivity contribution in [1.29, 1.82) is 0 Å². The Morgan fingerprint density at radius 3 is 2.19 bits per heavy atom. The maximum absolute atomic E-state index is 5.23. The highest BCUT2D eigenvalue weighted by atomic mass is 16.4. The minimum absolute atomic E-state index is 0.846. The van der Waals surface area contributed by atoms with Crippen molar-refractivity contribution in [2.45, 2.75) is 0 Å². The zero-order chi connectivity index (χ0) is 15.1. The summed E-state index contributed by atoms with van der Waals surface area (Å²) in [5.74, 6) is 0.846. The van der Waals surface area contributed by atoms with E-state index in [4.69, 9.17) is 4.42 Å². The van der Waals surface area contributed by atoms with E-state index in [1.54, 1.807) is 13.2 Å². The molecule has 0 atom stereocenters. The van der Waals surface area contributed by atoms with Crippen molar-refractivity contribution in [3.05, 3.63) is 103 Å². The second-order valence-corrected chi connectivity index (χ2v) is 4.53. The molecule has 2 rings (SSSR count). The standard InChI is InChI=1S/C20H19O/c1-4-9-16(5-2)20(17-10-7-6-8-11-17)18-12-14-19(21-3)15-13-18/h4-15H,1-2H2,3H3/q+1/b16-9+. The van der Waals surface area contributed by atoms with Gasteiger partial charge in [0.2, 0.25) is 0 Å². The van der Waals surface area contributed by atoms with Gasteiger partial charge in [-0.3, -0.25) is 4.42 Å². The number of rotatable bonds is 4. The quantitative estimate of drug-likeness (QED) is 0.562. The maximum atomic E-state index is 5.23. The van der Waals surface area contributed by atoms with Crippen LogP contribution in [0.1, 0.15) is 5.56 Å². The second-order valence-electron chi connectivity index (χ2n) is 4.53. The SMILES string of the molecule is C=C/C=C(\C=C)C(=C1C=CC(=[O+]C)C=C1)c1ccccc1. The zero-order valence-electron chi connectivity index (χ0n) is 12.3. The average Bonchev–Trinajstić information content (AvgIpc) is 2.56. The number of allylic oxidation sites excluding steroid dienone is 10. The van der Waals surface area contributed by atoms with E-state index in [1.807, 2.05) is 42.5 Å². The molecule has 0 saturated carbocycles. The molecule has 1 nitrogen and oxygen atoms in total. The first kappa shape index (κ1) is 14.7. The lowest BCUT2D eigenvalue weighted by molar-refractivity contribution is -0.417. The minimum atomic E-state index is 0.846. The predicted octanol–water partition coefficient (Wildman–Crippen LogP) is 4.60. The van der Waals surface area contributed by atoms with Gasteiger partial charge in [0, 0.05) is 12.2 Å². The van der Waals surface area contributed by atoms with Gasteiger partial charge in [0.25, 0.3) is 7.11 Å². The van der Waals surface area contributed by atoms with Gasteiger partial charge in [-0.2, -0.15) is 0 Å². The highest BCUT2D eigenvalue weighted by molar-refractivity contribution is 6.03. The first-order valence-electron chi connectivity index (χ1n) is 6.82. The first-order chi connectivity index (χ1) is 10.3. The van der Waals surface area contributed by atoms with Gasteiger partial charge in [-0.05, 0) is 34.4 Å². The molecular weight excluding hydrogens is 256 g/mol. The fraction of sp³-hybridized carbons (Fsp3) is 0.0500. The Morgan fingerprint density at radius 1 is 1.00 bits per heavy atom. The summed E-state index contributed by atoms with van der Waals surface area (Å²) in [5.41, 5.74) is 4.44. The molecular formula is C20H19O+. The fourth-order valence-corrected chi connectivity index (χ4v) is 2.24. The smallest absolute Gasteiger partial charge is 0.258 e. The molecule has 0 saturated heterocycles. The molecule has 0 heterocycles. The van der Waals surface area contributed by atoms with Gasteiger partial charge in [0.1, 0.15) is 0 Å². The van der Waals surface area contributed by atoms with Gasteiger partial charge in [0.15, 0.2) is 0 Å². The average molecular weight is 275 g/mol. The Bertz CT molecular complexity index is 662. The van der Waals surface area contributed by atoms with Gasteiger partial charge in [-0.15, -0.1) is 0 Å². The van der Waals surface area contributed by atoms with Crippen molar-refractivity contribution in [1.82, 2.24) is 0 Å². The molecule has 0 radical (unpaired) electrons. The van der Waals surface area contributed by atoms with Crippen LogP contribution in [-0.4, -0.2) is 12.9 Å². The summed E-state index contributed by atoms with van der Waals surface area (Å²) in [6.07, 6.45) is 13.7. The molecule has 0 unspecified atom stereocenters. The van der Waals surface area contributed by atoms with Crippen molar-refractivity contribution in [3.8, 4) is 0 Å². The van der Waals surface area contributed by atoms with Crippen molar-refractivity contribution in [3.63, 3.8) is 0 Å². The molecule has 0 N–H and O–H groups in total. The third-order valence-electron chi connectivity index (χ3n) is 3.25. The Kier molecular flexibility index (Phi) is 5.05. The second kappa shape index (κ2) is 7.20. The van der Waals surface area contributed by atoms with Gasteiger partial charge >= 0.3 is 5.78 Å². The largest absolute Gasteiger partial charge is 0.343 e. The molecule has 1 heteroatoms. The van der Waals surface area contributed by atoms with Crippen LogP contribution in [0.15, 0.2) is 97.2 Å². The summed E-state index contributed by atoms with van der Waals surface area (Å²) >= 11 is 0. The molecule has 0 aromatic heterocycles. The summed E-state index contributed by atoms with van der Waals surface area (Å²) in [7, 11) is 1.67. The van der Waals surface area contributed by atoms with E-state index in [2.05, 4.69) is 37.4 Å². The molecule has 21 heavy (non-hydrogen) atoms. The number of carbonyl (C=O) groups excluding carboxylic acids is 1. The molecule has 1 aliphatic rings. The number of benzene rings is 1. The molecule has 1 aromatic rings. The van der Waals surface area contributed by atoms with Crippen molar-refractivity contribution >= 4 is 11.4 Å². The van der Waals surface area contributed by atoms with E-state index in [9.17, 15) is 0 Å². The van der Waals surface area contributed by atoms with Crippen LogP contribution in [0.3, 0.4) is 0 Å². The Balaban J connectivity index is 2.63. The van der Waals surface area contributed by atoms with E-state index in [0.717, 1.165) is 28.1 Å². The van der Waals surface area contributed by atoms with Crippen LogP contribution >= 0.6 is 0 Å². The highest BCUT2D eigenvalue weighted by Crippen LogP contribution is 2.30. The molecule has 0 aliphatic heterocycles. The van der Waals surface area contributed by atoms with Gasteiger partial charge in [-0.25, -0.2) is 0 Å². The Labute approximate surface area is 126 Å². The minimum Gasteiger partial charge on any atom is -0.258 e. The Hall–Kier alpha value is -2.67. The van der Waals surface area contributed by atoms with Crippen LogP contribution in [0.5, 0.6) is 0 Å². The third-order valence-corrected chi connectivity index (χ3v) is 3.25. The van der Waals surface area contributed by atoms with Crippen molar-refractivity contribution in [2.75, 3.05) is 7.11 Å². The topological polar surface area (TPSA) is 11.3 Å². The van der Waals surface area contributed by atoms with Gasteiger partial charge in [-0.1, -0.05) is 61.7 Å². The molecule has 0 bridgehead atoms. The number of ketones is 1. The Morgan fingerprint density at radius 2 is 1.67 bits per heavy atom.